The van der Waals surface area contributed by atoms with Crippen LogP contribution in [0.15, 0.2) is 29.4 Å². The third-order valence-electron chi connectivity index (χ3n) is 3.38. The van der Waals surface area contributed by atoms with Gasteiger partial charge in [0, 0.05) is 31.1 Å². The van der Waals surface area contributed by atoms with Crippen LogP contribution in [-0.4, -0.2) is 37.7 Å². The Kier molecular flexibility index (Phi) is 9.81. The fourth-order valence-corrected chi connectivity index (χ4v) is 3.17. The molecule has 2 aromatic rings. The predicted octanol–water partition coefficient (Wildman–Crippen LogP) is 3.47. The Balaban J connectivity index is 0.00000312. The Morgan fingerprint density at radius 3 is 2.40 bits per heavy atom. The van der Waals surface area contributed by atoms with Crippen LogP contribution in [0, 0.1) is 20.8 Å². The molecular formula is C18H27IN4OS. The average Bonchev–Trinajstić information content (AvgIpc) is 2.94. The van der Waals surface area contributed by atoms with Gasteiger partial charge in [-0.05, 0) is 44.0 Å². The van der Waals surface area contributed by atoms with E-state index >= 15 is 0 Å². The average molecular weight is 474 g/mol. The minimum absolute atomic E-state index is 0. The first-order valence-electron chi connectivity index (χ1n) is 8.14. The van der Waals surface area contributed by atoms with Crippen LogP contribution < -0.4 is 15.4 Å². The SMILES string of the molecule is CN=C(NCCOc1cc(C)cc(C)c1)NCCc1ncc(C)s1.I. The van der Waals surface area contributed by atoms with Crippen molar-refractivity contribution in [2.24, 2.45) is 4.99 Å². The van der Waals surface area contributed by atoms with E-state index in [-0.39, 0.29) is 24.0 Å². The van der Waals surface area contributed by atoms with Gasteiger partial charge in [0.1, 0.15) is 12.4 Å². The lowest BCUT2D eigenvalue weighted by molar-refractivity contribution is 0.321. The molecule has 0 aliphatic heterocycles. The highest BCUT2D eigenvalue weighted by molar-refractivity contribution is 14.0. The molecular weight excluding hydrogens is 447 g/mol. The Morgan fingerprint density at radius 1 is 1.12 bits per heavy atom. The fraction of sp³-hybridized carbons (Fsp3) is 0.444. The van der Waals surface area contributed by atoms with Crippen molar-refractivity contribution in [3.05, 3.63) is 45.4 Å². The molecule has 138 valence electrons. The summed E-state index contributed by atoms with van der Waals surface area (Å²) < 4.78 is 5.79. The molecule has 5 nitrogen and oxygen atoms in total. The number of benzene rings is 1. The first-order chi connectivity index (χ1) is 11.6. The predicted molar refractivity (Wildman–Crippen MR) is 117 cm³/mol. The van der Waals surface area contributed by atoms with Gasteiger partial charge in [0.25, 0.3) is 0 Å². The monoisotopic (exact) mass is 474 g/mol. The Labute approximate surface area is 171 Å². The molecule has 0 amide bonds. The molecule has 7 heteroatoms. The van der Waals surface area contributed by atoms with Gasteiger partial charge in [-0.3, -0.25) is 4.99 Å². The summed E-state index contributed by atoms with van der Waals surface area (Å²) in [5, 5.41) is 7.70. The molecule has 25 heavy (non-hydrogen) atoms. The second-order valence-electron chi connectivity index (χ2n) is 5.71. The minimum Gasteiger partial charge on any atom is -0.492 e. The Hall–Kier alpha value is -1.35. The summed E-state index contributed by atoms with van der Waals surface area (Å²) in [6, 6.07) is 6.24. The molecule has 0 atom stereocenters. The van der Waals surface area contributed by atoms with Crippen molar-refractivity contribution in [3.8, 4) is 5.75 Å². The highest BCUT2D eigenvalue weighted by atomic mass is 127. The van der Waals surface area contributed by atoms with Gasteiger partial charge in [-0.2, -0.15) is 0 Å². The van der Waals surface area contributed by atoms with Crippen LogP contribution in [0.4, 0.5) is 0 Å². The number of nitrogens with zero attached hydrogens (tertiary/aromatic N) is 2. The first-order valence-corrected chi connectivity index (χ1v) is 8.95. The summed E-state index contributed by atoms with van der Waals surface area (Å²) in [5.41, 5.74) is 2.43. The zero-order chi connectivity index (χ0) is 17.4. The van der Waals surface area contributed by atoms with Crippen LogP contribution in [0.1, 0.15) is 21.0 Å². The number of thiazole rings is 1. The molecule has 0 spiro atoms. The standard InChI is InChI=1S/C18H26N4OS.HI/c1-13-9-14(2)11-16(10-13)23-8-7-21-18(19-4)20-6-5-17-22-12-15(3)24-17;/h9-12H,5-8H2,1-4H3,(H2,19,20,21);1H. The molecule has 1 heterocycles. The normalized spacial score (nSPS) is 11.0. The van der Waals surface area contributed by atoms with Gasteiger partial charge in [-0.25, -0.2) is 4.98 Å². The van der Waals surface area contributed by atoms with Crippen LogP contribution in [-0.2, 0) is 6.42 Å². The summed E-state index contributed by atoms with van der Waals surface area (Å²) >= 11 is 1.74. The maximum absolute atomic E-state index is 5.79. The molecule has 1 aromatic heterocycles. The lowest BCUT2D eigenvalue weighted by atomic mass is 10.1. The van der Waals surface area contributed by atoms with E-state index < -0.39 is 0 Å². The third-order valence-corrected chi connectivity index (χ3v) is 4.36. The summed E-state index contributed by atoms with van der Waals surface area (Å²) in [6.07, 6.45) is 2.82. The Morgan fingerprint density at radius 2 is 1.80 bits per heavy atom. The fourth-order valence-electron chi connectivity index (χ4n) is 2.38. The number of ether oxygens (including phenoxy) is 1. The molecule has 0 aliphatic rings. The smallest absolute Gasteiger partial charge is 0.191 e. The van der Waals surface area contributed by atoms with E-state index in [4.69, 9.17) is 4.74 Å². The van der Waals surface area contributed by atoms with Crippen molar-refractivity contribution >= 4 is 41.3 Å². The van der Waals surface area contributed by atoms with Gasteiger partial charge in [0.2, 0.25) is 0 Å². The van der Waals surface area contributed by atoms with Crippen LogP contribution in [0.5, 0.6) is 5.75 Å². The lowest BCUT2D eigenvalue weighted by Gasteiger charge is -2.12. The van der Waals surface area contributed by atoms with Crippen molar-refractivity contribution < 1.29 is 4.74 Å². The molecule has 2 N–H and O–H groups in total. The van der Waals surface area contributed by atoms with E-state index in [1.54, 1.807) is 18.4 Å². The number of nitrogens with one attached hydrogen (secondary N) is 2. The van der Waals surface area contributed by atoms with Gasteiger partial charge >= 0.3 is 0 Å². The second-order valence-corrected chi connectivity index (χ2v) is 7.03. The number of halogens is 1. The molecule has 0 aliphatic carbocycles. The van der Waals surface area contributed by atoms with Gasteiger partial charge in [-0.15, -0.1) is 35.3 Å². The largest absolute Gasteiger partial charge is 0.492 e. The van der Waals surface area contributed by atoms with E-state index in [2.05, 4.69) is 59.6 Å². The van der Waals surface area contributed by atoms with Crippen molar-refractivity contribution in [3.63, 3.8) is 0 Å². The van der Waals surface area contributed by atoms with Gasteiger partial charge < -0.3 is 15.4 Å². The Bertz CT molecular complexity index is 667. The van der Waals surface area contributed by atoms with Crippen LogP contribution >= 0.6 is 35.3 Å². The van der Waals surface area contributed by atoms with Crippen molar-refractivity contribution in [2.75, 3.05) is 26.7 Å². The van der Waals surface area contributed by atoms with Crippen molar-refractivity contribution in [1.29, 1.82) is 0 Å². The van der Waals surface area contributed by atoms with Crippen LogP contribution in [0.2, 0.25) is 0 Å². The number of hydrogen-bond acceptors (Lipinski definition) is 4. The molecule has 0 fully saturated rings. The molecule has 0 saturated heterocycles. The second kappa shape index (κ2) is 11.3. The minimum atomic E-state index is 0. The molecule has 0 bridgehead atoms. The number of hydrogen-bond donors (Lipinski definition) is 2. The maximum atomic E-state index is 5.79. The van der Waals surface area contributed by atoms with Gasteiger partial charge in [-0.1, -0.05) is 6.07 Å². The number of aromatic nitrogens is 1. The number of guanidine groups is 1. The zero-order valence-corrected chi connectivity index (χ0v) is 18.4. The maximum Gasteiger partial charge on any atom is 0.191 e. The summed E-state index contributed by atoms with van der Waals surface area (Å²) in [4.78, 5) is 9.83. The molecule has 1 aromatic carbocycles. The molecule has 0 radical (unpaired) electrons. The summed E-state index contributed by atoms with van der Waals surface area (Å²) in [5.74, 6) is 1.70. The van der Waals surface area contributed by atoms with E-state index in [0.717, 1.165) is 29.7 Å². The van der Waals surface area contributed by atoms with E-state index in [1.807, 2.05) is 6.20 Å². The topological polar surface area (TPSA) is 58.5 Å². The van der Waals surface area contributed by atoms with E-state index in [1.165, 1.54) is 16.0 Å². The third kappa shape index (κ3) is 8.04. The molecule has 0 saturated carbocycles. The van der Waals surface area contributed by atoms with Crippen molar-refractivity contribution in [2.45, 2.75) is 27.2 Å². The quantitative estimate of drug-likeness (QED) is 0.279. The number of aliphatic imine (C=N–C) groups is 1. The van der Waals surface area contributed by atoms with E-state index in [0.29, 0.717) is 13.2 Å². The number of aryl methyl sites for hydroxylation is 3. The highest BCUT2D eigenvalue weighted by Gasteiger charge is 2.01. The highest BCUT2D eigenvalue weighted by Crippen LogP contribution is 2.15. The molecule has 2 rings (SSSR count). The van der Waals surface area contributed by atoms with Crippen LogP contribution in [0.3, 0.4) is 0 Å². The van der Waals surface area contributed by atoms with Crippen LogP contribution in [0.25, 0.3) is 0 Å². The van der Waals surface area contributed by atoms with Crippen molar-refractivity contribution in [1.82, 2.24) is 15.6 Å². The van der Waals surface area contributed by atoms with E-state index in [9.17, 15) is 0 Å². The summed E-state index contributed by atoms with van der Waals surface area (Å²) in [7, 11) is 1.77. The lowest BCUT2D eigenvalue weighted by Crippen LogP contribution is -2.40. The first kappa shape index (κ1) is 21.7. The van der Waals surface area contributed by atoms with Gasteiger partial charge in [0.05, 0.1) is 11.6 Å². The molecule has 0 unspecified atom stereocenters. The zero-order valence-electron chi connectivity index (χ0n) is 15.3. The van der Waals surface area contributed by atoms with Gasteiger partial charge in [0.15, 0.2) is 5.96 Å². The number of rotatable bonds is 7. The summed E-state index contributed by atoms with van der Waals surface area (Å²) in [6.45, 7) is 8.33.